The van der Waals surface area contributed by atoms with Crippen molar-refractivity contribution in [3.8, 4) is 0 Å². The van der Waals surface area contributed by atoms with E-state index in [9.17, 15) is 27.3 Å². The third-order valence-corrected chi connectivity index (χ3v) is 5.40. The summed E-state index contributed by atoms with van der Waals surface area (Å²) in [6.45, 7) is 0. The molecule has 0 aliphatic rings. The molecule has 11 heteroatoms. The number of hydrogen-bond acceptors (Lipinski definition) is 4. The van der Waals surface area contributed by atoms with E-state index in [1.54, 1.807) is 0 Å². The molecule has 25 heavy (non-hydrogen) atoms. The zero-order chi connectivity index (χ0) is 18.4. The first-order chi connectivity index (χ1) is 11.7. The van der Waals surface area contributed by atoms with Gasteiger partial charge in [-0.1, -0.05) is 0 Å². The highest BCUT2D eigenvalue weighted by Crippen LogP contribution is 2.29. The molecular formula is C14H8BrF2N3O4S. The smallest absolute Gasteiger partial charge is 0.271 e. The van der Waals surface area contributed by atoms with Crippen LogP contribution in [-0.2, 0) is 10.0 Å². The van der Waals surface area contributed by atoms with Gasteiger partial charge in [-0.15, -0.1) is 0 Å². The molecule has 0 aliphatic carbocycles. The van der Waals surface area contributed by atoms with Crippen molar-refractivity contribution in [2.24, 2.45) is 0 Å². The minimum Gasteiger partial charge on any atom is -0.360 e. The van der Waals surface area contributed by atoms with Gasteiger partial charge >= 0.3 is 0 Å². The zero-order valence-electron chi connectivity index (χ0n) is 12.1. The molecule has 1 aromatic heterocycles. The molecule has 0 spiro atoms. The number of sulfonamides is 1. The third-order valence-electron chi connectivity index (χ3n) is 3.38. The van der Waals surface area contributed by atoms with Crippen molar-refractivity contribution in [2.45, 2.75) is 4.90 Å². The van der Waals surface area contributed by atoms with Crippen LogP contribution in [-0.4, -0.2) is 18.3 Å². The fraction of sp³-hybridized carbons (Fsp3) is 0. The number of nitrogens with one attached hydrogen (secondary N) is 2. The van der Waals surface area contributed by atoms with Gasteiger partial charge in [0.25, 0.3) is 15.7 Å². The second-order valence-corrected chi connectivity index (χ2v) is 7.50. The number of nitro groups is 1. The highest BCUT2D eigenvalue weighted by Gasteiger charge is 2.22. The molecule has 0 saturated heterocycles. The molecule has 7 nitrogen and oxygen atoms in total. The first-order valence-corrected chi connectivity index (χ1v) is 8.89. The molecule has 0 aliphatic heterocycles. The summed E-state index contributed by atoms with van der Waals surface area (Å²) >= 11 is 2.80. The number of nitro benzene ring substituents is 1. The van der Waals surface area contributed by atoms with E-state index in [1.165, 1.54) is 12.1 Å². The van der Waals surface area contributed by atoms with Gasteiger partial charge in [-0.2, -0.15) is 0 Å². The predicted octanol–water partition coefficient (Wildman–Crippen LogP) is 3.92. The maximum absolute atomic E-state index is 13.9. The summed E-state index contributed by atoms with van der Waals surface area (Å²) in [6.07, 6.45) is 1.11. The number of H-pyrrole nitrogens is 1. The second kappa shape index (κ2) is 6.08. The Morgan fingerprint density at radius 1 is 1.16 bits per heavy atom. The Bertz CT molecular complexity index is 1110. The maximum Gasteiger partial charge on any atom is 0.271 e. The monoisotopic (exact) mass is 431 g/mol. The molecule has 130 valence electrons. The molecule has 0 unspecified atom stereocenters. The van der Waals surface area contributed by atoms with Crippen molar-refractivity contribution in [3.63, 3.8) is 0 Å². The topological polar surface area (TPSA) is 105 Å². The largest absolute Gasteiger partial charge is 0.360 e. The Hall–Kier alpha value is -2.53. The number of halogens is 3. The maximum atomic E-state index is 13.9. The Morgan fingerprint density at radius 3 is 2.56 bits per heavy atom. The van der Waals surface area contributed by atoms with E-state index in [0.29, 0.717) is 6.07 Å². The molecule has 3 rings (SSSR count). The lowest BCUT2D eigenvalue weighted by atomic mass is 10.2. The molecule has 0 fully saturated rings. The van der Waals surface area contributed by atoms with Crippen LogP contribution >= 0.6 is 15.9 Å². The van der Waals surface area contributed by atoms with Gasteiger partial charge < -0.3 is 4.98 Å². The van der Waals surface area contributed by atoms with Crippen molar-refractivity contribution >= 4 is 48.2 Å². The number of aromatic amines is 1. The van der Waals surface area contributed by atoms with E-state index in [0.717, 1.165) is 18.3 Å². The van der Waals surface area contributed by atoms with Crippen LogP contribution < -0.4 is 4.72 Å². The highest BCUT2D eigenvalue weighted by atomic mass is 79.9. The molecular weight excluding hydrogens is 424 g/mol. The van der Waals surface area contributed by atoms with Gasteiger partial charge in [0.1, 0.15) is 16.5 Å². The summed E-state index contributed by atoms with van der Waals surface area (Å²) in [5, 5.41) is 10.9. The Morgan fingerprint density at radius 2 is 1.88 bits per heavy atom. The fourth-order valence-electron chi connectivity index (χ4n) is 2.22. The summed E-state index contributed by atoms with van der Waals surface area (Å²) in [4.78, 5) is 12.5. The standard InChI is InChI=1S/C14H8BrF2N3O4S/c15-9-4-11(17)13(5-10(9)16)19-25(23,24)14-6-18-12-3-7(20(21)22)1-2-8(12)14/h1-6,18-19H. The highest BCUT2D eigenvalue weighted by molar-refractivity contribution is 9.10. The summed E-state index contributed by atoms with van der Waals surface area (Å²) in [6, 6.07) is 5.09. The summed E-state index contributed by atoms with van der Waals surface area (Å²) in [5.41, 5.74) is -0.554. The second-order valence-electron chi connectivity index (χ2n) is 4.99. The molecule has 0 radical (unpaired) electrons. The average molecular weight is 432 g/mol. The van der Waals surface area contributed by atoms with E-state index in [1.807, 2.05) is 4.72 Å². The Balaban J connectivity index is 2.05. The Labute approximate surface area is 148 Å². The first kappa shape index (κ1) is 17.3. The van der Waals surface area contributed by atoms with Gasteiger partial charge in [0, 0.05) is 29.8 Å². The van der Waals surface area contributed by atoms with Gasteiger partial charge in [-0.05, 0) is 28.1 Å². The summed E-state index contributed by atoms with van der Waals surface area (Å²) in [5.74, 6) is -1.80. The predicted molar refractivity (Wildman–Crippen MR) is 89.8 cm³/mol. The molecule has 1 heterocycles. The average Bonchev–Trinajstić information content (AvgIpc) is 2.96. The summed E-state index contributed by atoms with van der Waals surface area (Å²) in [7, 11) is -4.25. The van der Waals surface area contributed by atoms with Crippen molar-refractivity contribution in [1.29, 1.82) is 0 Å². The molecule has 0 atom stereocenters. The molecule has 2 aromatic carbocycles. The van der Waals surface area contributed by atoms with E-state index in [2.05, 4.69) is 20.9 Å². The number of hydrogen-bond donors (Lipinski definition) is 2. The van der Waals surface area contributed by atoms with E-state index >= 15 is 0 Å². The molecule has 2 N–H and O–H groups in total. The van der Waals surface area contributed by atoms with Gasteiger partial charge in [-0.3, -0.25) is 14.8 Å². The van der Waals surface area contributed by atoms with Gasteiger partial charge in [-0.25, -0.2) is 17.2 Å². The number of non-ortho nitro benzene ring substituents is 1. The SMILES string of the molecule is O=[N+]([O-])c1ccc2c(S(=O)(=O)Nc3cc(F)c(Br)cc3F)c[nH]c2c1. The van der Waals surface area contributed by atoms with Crippen LogP contribution in [0.15, 0.2) is 45.9 Å². The minimum atomic E-state index is -4.25. The van der Waals surface area contributed by atoms with Gasteiger partial charge in [0.2, 0.25) is 0 Å². The lowest BCUT2D eigenvalue weighted by Gasteiger charge is -2.09. The van der Waals surface area contributed by atoms with Crippen LogP contribution in [0.5, 0.6) is 0 Å². The third kappa shape index (κ3) is 3.20. The number of benzene rings is 2. The lowest BCUT2D eigenvalue weighted by Crippen LogP contribution is -2.14. The number of aromatic nitrogens is 1. The zero-order valence-corrected chi connectivity index (χ0v) is 14.5. The fourth-order valence-corrected chi connectivity index (χ4v) is 3.78. The first-order valence-electron chi connectivity index (χ1n) is 6.62. The van der Waals surface area contributed by atoms with Crippen molar-refractivity contribution < 1.29 is 22.1 Å². The van der Waals surface area contributed by atoms with Gasteiger partial charge in [0.15, 0.2) is 0 Å². The van der Waals surface area contributed by atoms with Crippen molar-refractivity contribution in [1.82, 2.24) is 4.98 Å². The lowest BCUT2D eigenvalue weighted by molar-refractivity contribution is -0.384. The van der Waals surface area contributed by atoms with Crippen LogP contribution in [0.2, 0.25) is 0 Å². The van der Waals surface area contributed by atoms with Crippen molar-refractivity contribution in [2.75, 3.05) is 4.72 Å². The Kier molecular flexibility index (Phi) is 4.21. The number of anilines is 1. The molecule has 0 bridgehead atoms. The number of fused-ring (bicyclic) bond motifs is 1. The van der Waals surface area contributed by atoms with Crippen LogP contribution in [0.4, 0.5) is 20.2 Å². The molecule has 0 amide bonds. The van der Waals surface area contributed by atoms with E-state index in [4.69, 9.17) is 0 Å². The van der Waals surface area contributed by atoms with Crippen molar-refractivity contribution in [3.05, 3.63) is 62.8 Å². The van der Waals surface area contributed by atoms with Crippen LogP contribution in [0, 0.1) is 21.7 Å². The minimum absolute atomic E-state index is 0.146. The van der Waals surface area contributed by atoms with Gasteiger partial charge in [0.05, 0.1) is 20.6 Å². The van der Waals surface area contributed by atoms with E-state index < -0.39 is 32.3 Å². The van der Waals surface area contributed by atoms with Crippen LogP contribution in [0.3, 0.4) is 0 Å². The molecule has 0 saturated carbocycles. The van der Waals surface area contributed by atoms with Crippen LogP contribution in [0.1, 0.15) is 0 Å². The molecule has 3 aromatic rings. The summed E-state index contributed by atoms with van der Waals surface area (Å²) < 4.78 is 54.2. The number of nitrogens with zero attached hydrogens (tertiary/aromatic N) is 1. The normalized spacial score (nSPS) is 11.6. The van der Waals surface area contributed by atoms with E-state index in [-0.39, 0.29) is 26.0 Å². The van der Waals surface area contributed by atoms with Crippen LogP contribution in [0.25, 0.3) is 10.9 Å². The number of rotatable bonds is 4. The quantitative estimate of drug-likeness (QED) is 0.371.